The minimum atomic E-state index is -2.99. The molecule has 0 atom stereocenters. The van der Waals surface area contributed by atoms with Crippen molar-refractivity contribution in [2.75, 3.05) is 5.32 Å². The number of anilines is 1. The molecule has 2 heterocycles. The van der Waals surface area contributed by atoms with Gasteiger partial charge in [0.05, 0.1) is 28.1 Å². The van der Waals surface area contributed by atoms with Crippen LogP contribution in [0.5, 0.6) is 5.75 Å². The van der Waals surface area contributed by atoms with Crippen LogP contribution in [0.4, 0.5) is 14.5 Å². The smallest absolute Gasteiger partial charge is 0.387 e. The number of nitrogens with one attached hydrogen (secondary N) is 1. The van der Waals surface area contributed by atoms with Gasteiger partial charge in [0.1, 0.15) is 11.5 Å². The van der Waals surface area contributed by atoms with E-state index in [9.17, 15) is 13.6 Å². The number of furan rings is 1. The van der Waals surface area contributed by atoms with E-state index in [1.54, 1.807) is 29.8 Å². The summed E-state index contributed by atoms with van der Waals surface area (Å²) in [6, 6.07) is 7.74. The molecule has 1 amide bonds. The molecule has 3 rings (SSSR count). The third-order valence-corrected chi connectivity index (χ3v) is 5.23. The molecular formula is C19H18BrF2N3O3. The summed E-state index contributed by atoms with van der Waals surface area (Å²) < 4.78 is 37.9. The fraction of sp³-hybridized carbons (Fsp3) is 0.263. The van der Waals surface area contributed by atoms with Crippen LogP contribution in [0.15, 0.2) is 39.2 Å². The average Bonchev–Trinajstić information content (AvgIpc) is 3.18. The molecular weight excluding hydrogens is 436 g/mol. The van der Waals surface area contributed by atoms with Gasteiger partial charge in [0.25, 0.3) is 5.91 Å². The largest absolute Gasteiger partial charge is 0.454 e. The molecule has 2 aromatic heterocycles. The molecule has 0 saturated heterocycles. The number of ether oxygens (including phenoxy) is 1. The lowest BCUT2D eigenvalue weighted by molar-refractivity contribution is -0.0493. The highest BCUT2D eigenvalue weighted by atomic mass is 79.9. The van der Waals surface area contributed by atoms with Crippen molar-refractivity contribution in [2.45, 2.75) is 33.9 Å². The SMILES string of the molecule is Cc1ccc(OC(F)F)c(NC(=O)c2ccc(Cn3nc(C)c(Br)c3C)o2)c1. The van der Waals surface area contributed by atoms with Gasteiger partial charge in [-0.05, 0) is 66.5 Å². The van der Waals surface area contributed by atoms with Crippen LogP contribution in [0.3, 0.4) is 0 Å². The lowest BCUT2D eigenvalue weighted by Crippen LogP contribution is -2.13. The first-order valence-corrected chi connectivity index (χ1v) is 9.19. The van der Waals surface area contributed by atoms with Crippen LogP contribution in [-0.4, -0.2) is 22.3 Å². The first-order chi connectivity index (χ1) is 13.2. The number of nitrogens with zero attached hydrogens (tertiary/aromatic N) is 2. The van der Waals surface area contributed by atoms with Crippen molar-refractivity contribution < 1.29 is 22.7 Å². The average molecular weight is 454 g/mol. The molecule has 3 aromatic rings. The Balaban J connectivity index is 1.76. The number of alkyl halides is 2. The van der Waals surface area contributed by atoms with Crippen molar-refractivity contribution in [3.05, 3.63) is 63.3 Å². The second kappa shape index (κ2) is 8.14. The van der Waals surface area contributed by atoms with Crippen molar-refractivity contribution >= 4 is 27.5 Å². The van der Waals surface area contributed by atoms with E-state index in [2.05, 4.69) is 31.1 Å². The number of aromatic nitrogens is 2. The minimum absolute atomic E-state index is 0.0556. The van der Waals surface area contributed by atoms with E-state index in [1.165, 1.54) is 12.1 Å². The van der Waals surface area contributed by atoms with Gasteiger partial charge in [0.2, 0.25) is 0 Å². The van der Waals surface area contributed by atoms with Crippen LogP contribution in [-0.2, 0) is 6.54 Å². The molecule has 1 aromatic carbocycles. The van der Waals surface area contributed by atoms with Gasteiger partial charge in [-0.15, -0.1) is 0 Å². The lowest BCUT2D eigenvalue weighted by Gasteiger charge is -2.12. The molecule has 0 radical (unpaired) electrons. The summed E-state index contributed by atoms with van der Waals surface area (Å²) in [6.45, 7) is 2.95. The maximum absolute atomic E-state index is 12.6. The third-order valence-electron chi connectivity index (χ3n) is 4.08. The summed E-state index contributed by atoms with van der Waals surface area (Å²) in [7, 11) is 0. The Morgan fingerprint density at radius 1 is 1.29 bits per heavy atom. The van der Waals surface area contributed by atoms with Crippen molar-refractivity contribution in [2.24, 2.45) is 0 Å². The van der Waals surface area contributed by atoms with Crippen molar-refractivity contribution in [3.8, 4) is 5.75 Å². The quantitative estimate of drug-likeness (QED) is 0.565. The predicted molar refractivity (Wildman–Crippen MR) is 103 cm³/mol. The molecule has 0 aliphatic carbocycles. The highest BCUT2D eigenvalue weighted by Crippen LogP contribution is 2.28. The van der Waals surface area contributed by atoms with Gasteiger partial charge in [-0.2, -0.15) is 13.9 Å². The monoisotopic (exact) mass is 453 g/mol. The van der Waals surface area contributed by atoms with Gasteiger partial charge in [-0.25, -0.2) is 0 Å². The van der Waals surface area contributed by atoms with Crippen molar-refractivity contribution in [1.82, 2.24) is 9.78 Å². The number of rotatable bonds is 6. The van der Waals surface area contributed by atoms with E-state index >= 15 is 0 Å². The van der Waals surface area contributed by atoms with Gasteiger partial charge in [-0.3, -0.25) is 9.48 Å². The summed E-state index contributed by atoms with van der Waals surface area (Å²) in [5.74, 6) is -0.0876. The van der Waals surface area contributed by atoms with Crippen LogP contribution in [0.2, 0.25) is 0 Å². The van der Waals surface area contributed by atoms with Gasteiger partial charge in [-0.1, -0.05) is 6.07 Å². The zero-order chi connectivity index (χ0) is 20.4. The summed E-state index contributed by atoms with van der Waals surface area (Å²) in [6.07, 6.45) is 0. The fourth-order valence-electron chi connectivity index (χ4n) is 2.69. The molecule has 0 fully saturated rings. The highest BCUT2D eigenvalue weighted by molar-refractivity contribution is 9.10. The summed E-state index contributed by atoms with van der Waals surface area (Å²) in [5.41, 5.74) is 2.72. The zero-order valence-electron chi connectivity index (χ0n) is 15.4. The predicted octanol–water partition coefficient (Wildman–Crippen LogP) is 5.07. The van der Waals surface area contributed by atoms with E-state index in [4.69, 9.17) is 4.42 Å². The maximum atomic E-state index is 12.6. The second-order valence-corrected chi connectivity index (χ2v) is 7.03. The second-order valence-electron chi connectivity index (χ2n) is 6.24. The normalized spacial score (nSPS) is 11.1. The number of carbonyl (C=O) groups excluding carboxylic acids is 1. The highest BCUT2D eigenvalue weighted by Gasteiger charge is 2.17. The lowest BCUT2D eigenvalue weighted by atomic mass is 10.2. The molecule has 148 valence electrons. The van der Waals surface area contributed by atoms with E-state index in [0.29, 0.717) is 12.3 Å². The molecule has 1 N–H and O–H groups in total. The van der Waals surface area contributed by atoms with Gasteiger partial charge in [0, 0.05) is 0 Å². The van der Waals surface area contributed by atoms with Gasteiger partial charge in [0.15, 0.2) is 5.76 Å². The molecule has 6 nitrogen and oxygen atoms in total. The third kappa shape index (κ3) is 4.41. The number of hydrogen-bond acceptors (Lipinski definition) is 4. The van der Waals surface area contributed by atoms with Gasteiger partial charge >= 0.3 is 6.61 Å². The molecule has 0 aliphatic rings. The molecule has 0 unspecified atom stereocenters. The van der Waals surface area contributed by atoms with E-state index in [1.807, 2.05) is 13.8 Å². The van der Waals surface area contributed by atoms with Gasteiger partial charge < -0.3 is 14.5 Å². The number of halogens is 3. The Hall–Kier alpha value is -2.68. The first-order valence-electron chi connectivity index (χ1n) is 8.39. The summed E-state index contributed by atoms with van der Waals surface area (Å²) >= 11 is 3.46. The Morgan fingerprint density at radius 2 is 2.04 bits per heavy atom. The Kier molecular flexibility index (Phi) is 5.83. The minimum Gasteiger partial charge on any atom is -0.454 e. The van der Waals surface area contributed by atoms with Crippen LogP contribution in [0.25, 0.3) is 0 Å². The van der Waals surface area contributed by atoms with Crippen LogP contribution in [0.1, 0.15) is 33.3 Å². The fourth-order valence-corrected chi connectivity index (χ4v) is 2.97. The Morgan fingerprint density at radius 3 is 2.68 bits per heavy atom. The maximum Gasteiger partial charge on any atom is 0.387 e. The number of amides is 1. The summed E-state index contributed by atoms with van der Waals surface area (Å²) in [5, 5.41) is 6.95. The van der Waals surface area contributed by atoms with E-state index < -0.39 is 12.5 Å². The molecule has 0 aliphatic heterocycles. The number of aryl methyl sites for hydroxylation is 2. The molecule has 28 heavy (non-hydrogen) atoms. The molecule has 0 spiro atoms. The Labute approximate surface area is 168 Å². The van der Waals surface area contributed by atoms with Crippen molar-refractivity contribution in [1.29, 1.82) is 0 Å². The standard InChI is InChI=1S/C19H18BrF2N3O3/c1-10-4-6-15(28-19(21)22)14(8-10)23-18(26)16-7-5-13(27-16)9-25-12(3)17(20)11(2)24-25/h4-8,19H,9H2,1-3H3,(H,23,26). The zero-order valence-corrected chi connectivity index (χ0v) is 17.0. The summed E-state index contributed by atoms with van der Waals surface area (Å²) in [4.78, 5) is 12.5. The number of benzene rings is 1. The van der Waals surface area contributed by atoms with Crippen LogP contribution in [0, 0.1) is 20.8 Å². The molecule has 0 saturated carbocycles. The first kappa shape index (κ1) is 20.1. The van der Waals surface area contributed by atoms with Crippen LogP contribution >= 0.6 is 15.9 Å². The molecule has 0 bridgehead atoms. The van der Waals surface area contributed by atoms with E-state index in [-0.39, 0.29) is 17.2 Å². The molecule has 9 heteroatoms. The number of hydrogen-bond donors (Lipinski definition) is 1. The number of carbonyl (C=O) groups is 1. The van der Waals surface area contributed by atoms with E-state index in [0.717, 1.165) is 21.4 Å². The Bertz CT molecular complexity index is 1010. The van der Waals surface area contributed by atoms with Crippen molar-refractivity contribution in [3.63, 3.8) is 0 Å². The topological polar surface area (TPSA) is 69.3 Å². The van der Waals surface area contributed by atoms with Crippen LogP contribution < -0.4 is 10.1 Å².